The van der Waals surface area contributed by atoms with E-state index in [1.54, 1.807) is 55.5 Å². The van der Waals surface area contributed by atoms with Crippen molar-refractivity contribution in [1.82, 2.24) is 10.9 Å². The normalized spacial score (nSPS) is 11.4. The lowest BCUT2D eigenvalue weighted by molar-refractivity contribution is 0.0946. The van der Waals surface area contributed by atoms with Crippen molar-refractivity contribution in [3.63, 3.8) is 0 Å². The molecule has 0 fully saturated rings. The zero-order valence-electron chi connectivity index (χ0n) is 13.2. The Hall–Kier alpha value is -2.70. The molecule has 0 aliphatic heterocycles. The molecule has 0 aliphatic rings. The van der Waals surface area contributed by atoms with Crippen molar-refractivity contribution in [3.05, 3.63) is 69.7 Å². The van der Waals surface area contributed by atoms with E-state index in [4.69, 9.17) is 23.2 Å². The fourth-order valence-corrected chi connectivity index (χ4v) is 1.94. The minimum absolute atomic E-state index is 0.380. The van der Waals surface area contributed by atoms with Crippen LogP contribution in [0.2, 0.25) is 10.0 Å². The molecule has 0 atom stereocenters. The second-order valence-corrected chi connectivity index (χ2v) is 5.78. The number of amides is 2. The topological polar surface area (TPSA) is 82.9 Å². The van der Waals surface area contributed by atoms with Gasteiger partial charge >= 0.3 is 0 Å². The zero-order chi connectivity index (χ0) is 18.2. The molecule has 2 aromatic rings. The summed E-state index contributed by atoms with van der Waals surface area (Å²) in [5.74, 6) is -0.763. The van der Waals surface area contributed by atoms with Gasteiger partial charge in [0.1, 0.15) is 0 Å². The van der Waals surface area contributed by atoms with Crippen molar-refractivity contribution in [3.8, 4) is 0 Å². The van der Waals surface area contributed by atoms with Gasteiger partial charge in [0.15, 0.2) is 0 Å². The number of nitrogens with one attached hydrogen (secondary N) is 2. The summed E-state index contributed by atoms with van der Waals surface area (Å²) in [7, 11) is 0. The molecular formula is C17H14Cl2N4O2. The first-order valence-corrected chi connectivity index (χ1v) is 7.90. The number of hydrazone groups is 2. The maximum Gasteiger partial charge on any atom is 0.271 e. The van der Waals surface area contributed by atoms with Gasteiger partial charge in [-0.1, -0.05) is 23.2 Å². The molecule has 0 radical (unpaired) electrons. The highest BCUT2D eigenvalue weighted by molar-refractivity contribution is 6.31. The first-order valence-electron chi connectivity index (χ1n) is 7.15. The van der Waals surface area contributed by atoms with Crippen LogP contribution >= 0.6 is 23.2 Å². The maximum absolute atomic E-state index is 11.9. The summed E-state index contributed by atoms with van der Waals surface area (Å²) in [6.45, 7) is 1.63. The molecule has 0 unspecified atom stereocenters. The lowest BCUT2D eigenvalue weighted by Crippen LogP contribution is -2.21. The summed E-state index contributed by atoms with van der Waals surface area (Å²) in [4.78, 5) is 23.7. The van der Waals surface area contributed by atoms with E-state index in [0.717, 1.165) is 0 Å². The van der Waals surface area contributed by atoms with E-state index in [0.29, 0.717) is 26.9 Å². The second-order valence-electron chi connectivity index (χ2n) is 4.91. The van der Waals surface area contributed by atoms with E-state index in [1.165, 1.54) is 6.21 Å². The molecule has 2 aromatic carbocycles. The molecule has 2 rings (SSSR count). The first-order chi connectivity index (χ1) is 12.0. The van der Waals surface area contributed by atoms with Gasteiger partial charge in [-0.05, 0) is 55.5 Å². The average molecular weight is 377 g/mol. The Bertz CT molecular complexity index is 816. The third kappa shape index (κ3) is 6.02. The average Bonchev–Trinajstić information content (AvgIpc) is 2.60. The second kappa shape index (κ2) is 8.96. The summed E-state index contributed by atoms with van der Waals surface area (Å²) in [5.41, 5.74) is 5.99. The minimum atomic E-state index is -0.383. The Labute approximate surface area is 154 Å². The molecule has 0 heterocycles. The van der Waals surface area contributed by atoms with E-state index < -0.39 is 0 Å². The van der Waals surface area contributed by atoms with Crippen LogP contribution in [0, 0.1) is 0 Å². The molecule has 2 N–H and O–H groups in total. The standard InChI is InChI=1S/C17H14Cl2N4O2/c1-11(21-23-17(25)13-4-8-15(19)9-5-13)10-20-22-16(24)12-2-6-14(18)7-3-12/h2-10H,1H3,(H,22,24)(H,23,25)/b20-10+,21-11-. The van der Waals surface area contributed by atoms with Gasteiger partial charge in [0.05, 0.1) is 11.9 Å². The molecule has 8 heteroatoms. The molecule has 0 bridgehead atoms. The van der Waals surface area contributed by atoms with Gasteiger partial charge in [0.2, 0.25) is 0 Å². The molecular weight excluding hydrogens is 363 g/mol. The van der Waals surface area contributed by atoms with E-state index in [2.05, 4.69) is 21.1 Å². The molecule has 0 aromatic heterocycles. The van der Waals surface area contributed by atoms with Crippen LogP contribution in [-0.2, 0) is 0 Å². The lowest BCUT2D eigenvalue weighted by atomic mass is 10.2. The number of hydrogen-bond acceptors (Lipinski definition) is 4. The third-order valence-electron chi connectivity index (χ3n) is 2.96. The Morgan fingerprint density at radius 2 is 1.28 bits per heavy atom. The number of carbonyl (C=O) groups is 2. The summed E-state index contributed by atoms with van der Waals surface area (Å²) < 4.78 is 0. The largest absolute Gasteiger partial charge is 0.271 e. The van der Waals surface area contributed by atoms with Gasteiger partial charge in [0.25, 0.3) is 11.8 Å². The van der Waals surface area contributed by atoms with Crippen LogP contribution in [0.5, 0.6) is 0 Å². The van der Waals surface area contributed by atoms with E-state index in [-0.39, 0.29) is 11.8 Å². The fraction of sp³-hybridized carbons (Fsp3) is 0.0588. The van der Waals surface area contributed by atoms with Crippen LogP contribution < -0.4 is 10.9 Å². The maximum atomic E-state index is 11.9. The predicted octanol–water partition coefficient (Wildman–Crippen LogP) is 3.51. The number of halogens is 2. The summed E-state index contributed by atoms with van der Waals surface area (Å²) in [5, 5.41) is 8.73. The Kier molecular flexibility index (Phi) is 6.68. The van der Waals surface area contributed by atoms with E-state index >= 15 is 0 Å². The van der Waals surface area contributed by atoms with Crippen molar-refractivity contribution in [2.24, 2.45) is 10.2 Å². The highest BCUT2D eigenvalue weighted by Gasteiger charge is 2.04. The quantitative estimate of drug-likeness (QED) is 0.618. The van der Waals surface area contributed by atoms with Crippen LogP contribution in [-0.4, -0.2) is 23.7 Å². The SMILES string of the molecule is CC(/C=N/NC(=O)c1ccc(Cl)cc1)=N/NC(=O)c1ccc(Cl)cc1. The number of nitrogens with zero attached hydrogens (tertiary/aromatic N) is 2. The van der Waals surface area contributed by atoms with E-state index in [9.17, 15) is 9.59 Å². The van der Waals surface area contributed by atoms with Crippen molar-refractivity contribution in [1.29, 1.82) is 0 Å². The van der Waals surface area contributed by atoms with Gasteiger partial charge in [-0.25, -0.2) is 10.9 Å². The number of rotatable bonds is 5. The predicted molar refractivity (Wildman–Crippen MR) is 99.4 cm³/mol. The van der Waals surface area contributed by atoms with Crippen LogP contribution in [0.4, 0.5) is 0 Å². The molecule has 25 heavy (non-hydrogen) atoms. The van der Waals surface area contributed by atoms with Gasteiger partial charge in [-0.15, -0.1) is 0 Å². The Morgan fingerprint density at radius 1 is 0.840 bits per heavy atom. The van der Waals surface area contributed by atoms with Crippen molar-refractivity contribution in [2.45, 2.75) is 6.92 Å². The molecule has 128 valence electrons. The van der Waals surface area contributed by atoms with Crippen LogP contribution in [0.15, 0.2) is 58.7 Å². The zero-order valence-corrected chi connectivity index (χ0v) is 14.7. The highest BCUT2D eigenvalue weighted by atomic mass is 35.5. The minimum Gasteiger partial charge on any atom is -0.267 e. The summed E-state index contributed by atoms with van der Waals surface area (Å²) >= 11 is 11.5. The van der Waals surface area contributed by atoms with Crippen LogP contribution in [0.1, 0.15) is 27.6 Å². The molecule has 0 spiro atoms. The summed E-state index contributed by atoms with van der Waals surface area (Å²) in [6.07, 6.45) is 1.32. The lowest BCUT2D eigenvalue weighted by Gasteiger charge is -2.01. The van der Waals surface area contributed by atoms with Gasteiger partial charge in [-0.3, -0.25) is 9.59 Å². The van der Waals surface area contributed by atoms with Crippen molar-refractivity contribution < 1.29 is 9.59 Å². The molecule has 0 saturated carbocycles. The van der Waals surface area contributed by atoms with Crippen LogP contribution in [0.3, 0.4) is 0 Å². The van der Waals surface area contributed by atoms with Crippen molar-refractivity contribution >= 4 is 46.9 Å². The fourth-order valence-electron chi connectivity index (χ4n) is 1.68. The third-order valence-corrected chi connectivity index (χ3v) is 3.47. The van der Waals surface area contributed by atoms with Gasteiger partial charge in [-0.2, -0.15) is 10.2 Å². The first kappa shape index (κ1) is 18.6. The molecule has 6 nitrogen and oxygen atoms in total. The van der Waals surface area contributed by atoms with Crippen LogP contribution in [0.25, 0.3) is 0 Å². The number of benzene rings is 2. The Balaban J connectivity index is 1.86. The monoisotopic (exact) mass is 376 g/mol. The molecule has 2 amide bonds. The smallest absolute Gasteiger partial charge is 0.267 e. The Morgan fingerprint density at radius 3 is 1.76 bits per heavy atom. The highest BCUT2D eigenvalue weighted by Crippen LogP contribution is 2.10. The van der Waals surface area contributed by atoms with Gasteiger partial charge < -0.3 is 0 Å². The van der Waals surface area contributed by atoms with E-state index in [1.807, 2.05) is 0 Å². The van der Waals surface area contributed by atoms with Gasteiger partial charge in [0, 0.05) is 21.2 Å². The summed E-state index contributed by atoms with van der Waals surface area (Å²) in [6, 6.07) is 12.8. The number of carbonyl (C=O) groups excluding carboxylic acids is 2. The molecule has 0 saturated heterocycles. The number of hydrogen-bond donors (Lipinski definition) is 2. The van der Waals surface area contributed by atoms with Crippen molar-refractivity contribution in [2.75, 3.05) is 0 Å². The molecule has 0 aliphatic carbocycles.